The van der Waals surface area contributed by atoms with E-state index in [1.54, 1.807) is 4.90 Å². The number of carbonyl (C=O) groups excluding carboxylic acids is 1. The lowest BCUT2D eigenvalue weighted by Gasteiger charge is -2.29. The third-order valence-electron chi connectivity index (χ3n) is 5.09. The topological polar surface area (TPSA) is 93.9 Å². The minimum Gasteiger partial charge on any atom is -0.324 e. The van der Waals surface area contributed by atoms with Gasteiger partial charge in [0.1, 0.15) is 0 Å². The Labute approximate surface area is 154 Å². The standard InChI is InChI=1S/C20H17N5O2/c26-19-14-6-2-1-5-12(14)13-9-10-25(11-17(13)21-19)20(27)22-18-15-7-3-4-8-16(15)23-24-18/h1-8H,9-11H2,(H,21,26)(H2,22,23,24,27). The van der Waals surface area contributed by atoms with Gasteiger partial charge in [0, 0.05) is 23.0 Å². The summed E-state index contributed by atoms with van der Waals surface area (Å²) in [5, 5.41) is 12.5. The molecule has 27 heavy (non-hydrogen) atoms. The summed E-state index contributed by atoms with van der Waals surface area (Å²) < 4.78 is 0. The van der Waals surface area contributed by atoms with Gasteiger partial charge in [-0.2, -0.15) is 5.10 Å². The predicted octanol–water partition coefficient (Wildman–Crippen LogP) is 2.99. The molecule has 0 saturated carbocycles. The number of pyridine rings is 1. The summed E-state index contributed by atoms with van der Waals surface area (Å²) >= 11 is 0. The van der Waals surface area contributed by atoms with Gasteiger partial charge >= 0.3 is 6.03 Å². The van der Waals surface area contributed by atoms with Crippen molar-refractivity contribution in [3.05, 3.63) is 70.1 Å². The molecule has 1 aliphatic heterocycles. The highest BCUT2D eigenvalue weighted by Gasteiger charge is 2.24. The second kappa shape index (κ2) is 5.98. The van der Waals surface area contributed by atoms with Crippen LogP contribution in [0.2, 0.25) is 0 Å². The summed E-state index contributed by atoms with van der Waals surface area (Å²) in [4.78, 5) is 29.7. The van der Waals surface area contributed by atoms with Crippen LogP contribution in [-0.4, -0.2) is 32.7 Å². The number of H-pyrrole nitrogens is 2. The first-order valence-electron chi connectivity index (χ1n) is 8.82. The molecule has 3 heterocycles. The van der Waals surface area contributed by atoms with E-state index >= 15 is 0 Å². The zero-order chi connectivity index (χ0) is 18.4. The molecule has 0 spiro atoms. The van der Waals surface area contributed by atoms with Crippen molar-refractivity contribution in [1.29, 1.82) is 0 Å². The van der Waals surface area contributed by atoms with Crippen LogP contribution in [0.1, 0.15) is 11.3 Å². The molecule has 1 aliphatic rings. The zero-order valence-electron chi connectivity index (χ0n) is 14.5. The maximum absolute atomic E-state index is 12.7. The summed E-state index contributed by atoms with van der Waals surface area (Å²) in [7, 11) is 0. The zero-order valence-corrected chi connectivity index (χ0v) is 14.5. The van der Waals surface area contributed by atoms with Crippen LogP contribution in [0.4, 0.5) is 10.6 Å². The highest BCUT2D eigenvalue weighted by molar-refractivity contribution is 5.99. The number of anilines is 1. The lowest BCUT2D eigenvalue weighted by molar-refractivity contribution is 0.205. The Kier molecular flexibility index (Phi) is 3.46. The van der Waals surface area contributed by atoms with E-state index in [2.05, 4.69) is 20.5 Å². The fraction of sp³-hybridized carbons (Fsp3) is 0.150. The predicted molar refractivity (Wildman–Crippen MR) is 104 cm³/mol. The van der Waals surface area contributed by atoms with Gasteiger partial charge in [-0.25, -0.2) is 4.79 Å². The van der Waals surface area contributed by atoms with Gasteiger partial charge in [-0.1, -0.05) is 30.3 Å². The third-order valence-corrected chi connectivity index (χ3v) is 5.09. The van der Waals surface area contributed by atoms with Crippen LogP contribution < -0.4 is 10.9 Å². The SMILES string of the molecule is O=C(Nc1n[nH]c2ccccc12)N1CCc2c([nH]c(=O)c3ccccc23)C1. The minimum absolute atomic E-state index is 0.120. The van der Waals surface area contributed by atoms with Crippen molar-refractivity contribution in [2.24, 2.45) is 0 Å². The summed E-state index contributed by atoms with van der Waals surface area (Å²) in [6.07, 6.45) is 0.696. The number of hydrogen-bond donors (Lipinski definition) is 3. The molecule has 0 radical (unpaired) electrons. The van der Waals surface area contributed by atoms with Crippen LogP contribution in [-0.2, 0) is 13.0 Å². The molecular formula is C20H17N5O2. The lowest BCUT2D eigenvalue weighted by Crippen LogP contribution is -2.40. The van der Waals surface area contributed by atoms with Crippen LogP contribution in [0.5, 0.6) is 0 Å². The Morgan fingerprint density at radius 3 is 2.63 bits per heavy atom. The largest absolute Gasteiger partial charge is 0.324 e. The second-order valence-electron chi connectivity index (χ2n) is 6.68. The van der Waals surface area contributed by atoms with Gasteiger partial charge < -0.3 is 9.88 Å². The monoisotopic (exact) mass is 359 g/mol. The summed E-state index contributed by atoms with van der Waals surface area (Å²) in [6, 6.07) is 15.0. The molecule has 0 fully saturated rings. The average Bonchev–Trinajstić information content (AvgIpc) is 3.11. The van der Waals surface area contributed by atoms with Gasteiger partial charge in [0.2, 0.25) is 0 Å². The number of para-hydroxylation sites is 1. The van der Waals surface area contributed by atoms with Crippen LogP contribution in [0.15, 0.2) is 53.3 Å². The first-order valence-corrected chi connectivity index (χ1v) is 8.82. The van der Waals surface area contributed by atoms with Crippen molar-refractivity contribution in [3.8, 4) is 0 Å². The lowest BCUT2D eigenvalue weighted by atomic mass is 9.98. The van der Waals surface area contributed by atoms with E-state index in [9.17, 15) is 9.59 Å². The normalized spacial score (nSPS) is 13.7. The molecule has 2 amide bonds. The number of urea groups is 1. The van der Waals surface area contributed by atoms with Gasteiger partial charge in [-0.3, -0.25) is 15.2 Å². The summed E-state index contributed by atoms with van der Waals surface area (Å²) in [5.41, 5.74) is 2.66. The molecule has 0 saturated heterocycles. The first-order chi connectivity index (χ1) is 13.2. The van der Waals surface area contributed by atoms with Crippen molar-refractivity contribution in [1.82, 2.24) is 20.1 Å². The molecule has 0 aliphatic carbocycles. The highest BCUT2D eigenvalue weighted by atomic mass is 16.2. The van der Waals surface area contributed by atoms with Crippen molar-refractivity contribution in [2.45, 2.75) is 13.0 Å². The Morgan fingerprint density at radius 2 is 1.78 bits per heavy atom. The summed E-state index contributed by atoms with van der Waals surface area (Å²) in [6.45, 7) is 0.945. The molecule has 2 aromatic heterocycles. The minimum atomic E-state index is -0.230. The Balaban J connectivity index is 1.43. The maximum atomic E-state index is 12.7. The van der Waals surface area contributed by atoms with E-state index in [0.717, 1.165) is 27.5 Å². The number of amides is 2. The second-order valence-corrected chi connectivity index (χ2v) is 6.68. The van der Waals surface area contributed by atoms with Gasteiger partial charge in [0.05, 0.1) is 12.1 Å². The number of nitrogens with zero attached hydrogens (tertiary/aromatic N) is 2. The van der Waals surface area contributed by atoms with Crippen molar-refractivity contribution in [3.63, 3.8) is 0 Å². The first kappa shape index (κ1) is 15.6. The van der Waals surface area contributed by atoms with E-state index in [0.29, 0.717) is 30.7 Å². The van der Waals surface area contributed by atoms with Crippen molar-refractivity contribution < 1.29 is 4.79 Å². The van der Waals surface area contributed by atoms with Crippen LogP contribution in [0.3, 0.4) is 0 Å². The number of carbonyl (C=O) groups is 1. The van der Waals surface area contributed by atoms with E-state index in [-0.39, 0.29) is 11.6 Å². The molecule has 2 aromatic carbocycles. The Bertz CT molecular complexity index is 1240. The van der Waals surface area contributed by atoms with Crippen molar-refractivity contribution >= 4 is 33.5 Å². The number of fused-ring (bicyclic) bond motifs is 4. The molecule has 0 atom stereocenters. The fourth-order valence-corrected chi connectivity index (χ4v) is 3.74. The highest BCUT2D eigenvalue weighted by Crippen LogP contribution is 2.25. The fourth-order valence-electron chi connectivity index (χ4n) is 3.74. The number of aromatic amines is 2. The Morgan fingerprint density at radius 1 is 1.04 bits per heavy atom. The van der Waals surface area contributed by atoms with E-state index < -0.39 is 0 Å². The van der Waals surface area contributed by atoms with Crippen LogP contribution in [0, 0.1) is 0 Å². The molecule has 7 nitrogen and oxygen atoms in total. The van der Waals surface area contributed by atoms with Crippen molar-refractivity contribution in [2.75, 3.05) is 11.9 Å². The molecule has 7 heteroatoms. The number of nitrogens with one attached hydrogen (secondary N) is 3. The Hall–Kier alpha value is -3.61. The molecular weight excluding hydrogens is 342 g/mol. The van der Waals surface area contributed by atoms with Crippen LogP contribution >= 0.6 is 0 Å². The van der Waals surface area contributed by atoms with Gasteiger partial charge in [0.25, 0.3) is 5.56 Å². The number of hydrogen-bond acceptors (Lipinski definition) is 3. The van der Waals surface area contributed by atoms with E-state index in [1.165, 1.54) is 0 Å². The number of aromatic nitrogens is 3. The van der Waals surface area contributed by atoms with Gasteiger partial charge in [0.15, 0.2) is 5.82 Å². The third kappa shape index (κ3) is 2.55. The number of rotatable bonds is 1. The molecule has 0 unspecified atom stereocenters. The van der Waals surface area contributed by atoms with Crippen LogP contribution in [0.25, 0.3) is 21.7 Å². The van der Waals surface area contributed by atoms with E-state index in [4.69, 9.17) is 0 Å². The average molecular weight is 359 g/mol. The maximum Gasteiger partial charge on any atom is 0.323 e. The van der Waals surface area contributed by atoms with E-state index in [1.807, 2.05) is 48.5 Å². The molecule has 0 bridgehead atoms. The molecule has 3 N–H and O–H groups in total. The smallest absolute Gasteiger partial charge is 0.323 e. The summed E-state index contributed by atoms with van der Waals surface area (Å²) in [5.74, 6) is 0.508. The molecule has 134 valence electrons. The quantitative estimate of drug-likeness (QED) is 0.488. The number of benzene rings is 2. The molecule has 5 rings (SSSR count). The molecule has 4 aromatic rings. The van der Waals surface area contributed by atoms with Gasteiger partial charge in [-0.15, -0.1) is 0 Å². The van der Waals surface area contributed by atoms with Gasteiger partial charge in [-0.05, 0) is 35.6 Å².